The monoisotopic (exact) mass is 340 g/mol. The molecule has 1 saturated heterocycles. The Kier molecular flexibility index (Phi) is 3.91. The Hall–Kier alpha value is -2.83. The van der Waals surface area contributed by atoms with Gasteiger partial charge in [-0.05, 0) is 31.4 Å². The number of aromatic amines is 1. The van der Waals surface area contributed by atoms with E-state index in [1.54, 1.807) is 18.2 Å². The molecule has 3 aromatic heterocycles. The van der Waals surface area contributed by atoms with Crippen LogP contribution in [-0.4, -0.2) is 38.5 Å². The number of nitrogens with one attached hydrogen (secondary N) is 1. The molecule has 0 saturated carbocycles. The molecule has 1 amide bonds. The van der Waals surface area contributed by atoms with Crippen molar-refractivity contribution in [1.82, 2.24) is 19.5 Å². The van der Waals surface area contributed by atoms with E-state index in [-0.39, 0.29) is 17.4 Å². The number of aromatic nitrogens is 3. The van der Waals surface area contributed by atoms with Gasteiger partial charge in [0.25, 0.3) is 11.5 Å². The molecular formula is C18H20N4O3. The van der Waals surface area contributed by atoms with E-state index in [1.165, 1.54) is 10.8 Å². The number of rotatable bonds is 3. The number of likely N-dealkylation sites (tertiary alicyclic amines) is 1. The zero-order valence-electron chi connectivity index (χ0n) is 14.1. The summed E-state index contributed by atoms with van der Waals surface area (Å²) in [6.07, 6.45) is 4.11. The fourth-order valence-corrected chi connectivity index (χ4v) is 3.42. The fraction of sp³-hybridized carbons (Fsp3) is 0.389. The molecule has 1 aliphatic heterocycles. The van der Waals surface area contributed by atoms with Crippen LogP contribution in [0.2, 0.25) is 0 Å². The predicted molar refractivity (Wildman–Crippen MR) is 91.8 cm³/mol. The summed E-state index contributed by atoms with van der Waals surface area (Å²) < 4.78 is 6.70. The Morgan fingerprint density at radius 1 is 1.44 bits per heavy atom. The molecular weight excluding hydrogens is 320 g/mol. The van der Waals surface area contributed by atoms with Gasteiger partial charge in [-0.3, -0.25) is 14.7 Å². The summed E-state index contributed by atoms with van der Waals surface area (Å²) in [5, 5.41) is 3.16. The lowest BCUT2D eigenvalue weighted by Crippen LogP contribution is -2.39. The zero-order chi connectivity index (χ0) is 17.4. The number of piperidine rings is 1. The number of aryl methyl sites for hydroxylation is 1. The summed E-state index contributed by atoms with van der Waals surface area (Å²) in [5.41, 5.74) is 2.25. The molecule has 1 aliphatic rings. The third-order valence-electron chi connectivity index (χ3n) is 4.77. The average molecular weight is 340 g/mol. The van der Waals surface area contributed by atoms with Gasteiger partial charge in [-0.1, -0.05) is 6.92 Å². The van der Waals surface area contributed by atoms with Gasteiger partial charge < -0.3 is 9.32 Å². The Balaban J connectivity index is 1.61. The van der Waals surface area contributed by atoms with Gasteiger partial charge in [-0.2, -0.15) is 0 Å². The first kappa shape index (κ1) is 15.7. The van der Waals surface area contributed by atoms with Crippen LogP contribution in [0.3, 0.4) is 0 Å². The Labute approximate surface area is 144 Å². The first-order valence-corrected chi connectivity index (χ1v) is 8.60. The SMILES string of the molecule is CCc1cc(=O)n2[nH]c([C@H]3CCCN(C(=O)c4ccco4)C3)cc2n1. The molecule has 4 heterocycles. The van der Waals surface area contributed by atoms with Gasteiger partial charge >= 0.3 is 0 Å². The van der Waals surface area contributed by atoms with E-state index in [9.17, 15) is 9.59 Å². The summed E-state index contributed by atoms with van der Waals surface area (Å²) >= 11 is 0. The van der Waals surface area contributed by atoms with E-state index in [2.05, 4.69) is 10.1 Å². The van der Waals surface area contributed by atoms with Crippen LogP contribution in [0.1, 0.15) is 47.6 Å². The standard InChI is InChI=1S/C18H20N4O3/c1-2-13-9-17(23)22-16(19-13)10-14(20-22)12-5-3-7-21(11-12)18(24)15-6-4-8-25-15/h4,6,8-10,12,20H,2-3,5,7,11H2,1H3/t12-/m0/s1. The van der Waals surface area contributed by atoms with Gasteiger partial charge in [-0.15, -0.1) is 0 Å². The molecule has 1 atom stereocenters. The molecule has 130 valence electrons. The maximum atomic E-state index is 12.5. The van der Waals surface area contributed by atoms with Crippen LogP contribution >= 0.6 is 0 Å². The summed E-state index contributed by atoms with van der Waals surface area (Å²) in [5.74, 6) is 0.427. The lowest BCUT2D eigenvalue weighted by atomic mass is 9.94. The third-order valence-corrected chi connectivity index (χ3v) is 4.77. The van der Waals surface area contributed by atoms with Crippen LogP contribution in [-0.2, 0) is 6.42 Å². The van der Waals surface area contributed by atoms with E-state index < -0.39 is 0 Å². The van der Waals surface area contributed by atoms with Crippen molar-refractivity contribution in [3.63, 3.8) is 0 Å². The van der Waals surface area contributed by atoms with E-state index in [0.717, 1.165) is 30.7 Å². The molecule has 25 heavy (non-hydrogen) atoms. The number of carbonyl (C=O) groups is 1. The van der Waals surface area contributed by atoms with Crippen LogP contribution in [0.5, 0.6) is 0 Å². The Morgan fingerprint density at radius 2 is 2.32 bits per heavy atom. The molecule has 4 rings (SSSR count). The van der Waals surface area contributed by atoms with Crippen LogP contribution in [0.4, 0.5) is 0 Å². The molecule has 0 unspecified atom stereocenters. The van der Waals surface area contributed by atoms with Crippen molar-refractivity contribution < 1.29 is 9.21 Å². The Bertz CT molecular complexity index is 955. The molecule has 1 N–H and O–H groups in total. The molecule has 0 aromatic carbocycles. The normalized spacial score (nSPS) is 18.0. The van der Waals surface area contributed by atoms with E-state index in [1.807, 2.05) is 17.9 Å². The molecule has 0 bridgehead atoms. The minimum absolute atomic E-state index is 0.0885. The summed E-state index contributed by atoms with van der Waals surface area (Å²) in [6.45, 7) is 3.29. The second-order valence-corrected chi connectivity index (χ2v) is 6.41. The summed E-state index contributed by atoms with van der Waals surface area (Å²) in [6, 6.07) is 6.88. The topological polar surface area (TPSA) is 83.6 Å². The van der Waals surface area contributed by atoms with Crippen molar-refractivity contribution in [2.45, 2.75) is 32.1 Å². The van der Waals surface area contributed by atoms with Crippen molar-refractivity contribution in [2.24, 2.45) is 0 Å². The zero-order valence-corrected chi connectivity index (χ0v) is 14.1. The molecule has 7 nitrogen and oxygen atoms in total. The number of H-pyrrole nitrogens is 1. The summed E-state index contributed by atoms with van der Waals surface area (Å²) in [7, 11) is 0. The molecule has 1 fully saturated rings. The highest BCUT2D eigenvalue weighted by molar-refractivity contribution is 5.91. The van der Waals surface area contributed by atoms with Crippen molar-refractivity contribution in [1.29, 1.82) is 0 Å². The summed E-state index contributed by atoms with van der Waals surface area (Å²) in [4.78, 5) is 31.0. The predicted octanol–water partition coefficient (Wildman–Crippen LogP) is 2.20. The van der Waals surface area contributed by atoms with E-state index in [0.29, 0.717) is 24.5 Å². The third kappa shape index (κ3) is 2.86. The molecule has 0 aliphatic carbocycles. The smallest absolute Gasteiger partial charge is 0.289 e. The lowest BCUT2D eigenvalue weighted by Gasteiger charge is -2.31. The molecule has 7 heteroatoms. The number of furan rings is 1. The van der Waals surface area contributed by atoms with Crippen LogP contribution in [0.25, 0.3) is 5.65 Å². The molecule has 0 spiro atoms. The van der Waals surface area contributed by atoms with Crippen LogP contribution in [0.15, 0.2) is 39.7 Å². The minimum atomic E-state index is -0.104. The highest BCUT2D eigenvalue weighted by Crippen LogP contribution is 2.27. The number of nitrogens with zero attached hydrogens (tertiary/aromatic N) is 3. The number of carbonyl (C=O) groups excluding carboxylic acids is 1. The highest BCUT2D eigenvalue weighted by atomic mass is 16.3. The van der Waals surface area contributed by atoms with Crippen molar-refractivity contribution in [3.8, 4) is 0 Å². The van der Waals surface area contributed by atoms with Gasteiger partial charge in [0.1, 0.15) is 0 Å². The molecule has 3 aromatic rings. The minimum Gasteiger partial charge on any atom is -0.459 e. The highest BCUT2D eigenvalue weighted by Gasteiger charge is 2.28. The van der Waals surface area contributed by atoms with Crippen molar-refractivity contribution in [2.75, 3.05) is 13.1 Å². The Morgan fingerprint density at radius 3 is 3.08 bits per heavy atom. The fourth-order valence-electron chi connectivity index (χ4n) is 3.42. The largest absolute Gasteiger partial charge is 0.459 e. The number of hydrogen-bond donors (Lipinski definition) is 1. The first-order valence-electron chi connectivity index (χ1n) is 8.60. The quantitative estimate of drug-likeness (QED) is 0.792. The van der Waals surface area contributed by atoms with Crippen molar-refractivity contribution >= 4 is 11.6 Å². The van der Waals surface area contributed by atoms with Gasteiger partial charge in [0.2, 0.25) is 0 Å². The van der Waals surface area contributed by atoms with E-state index >= 15 is 0 Å². The number of amides is 1. The van der Waals surface area contributed by atoms with Crippen LogP contribution in [0, 0.1) is 0 Å². The maximum Gasteiger partial charge on any atom is 0.289 e. The lowest BCUT2D eigenvalue weighted by molar-refractivity contribution is 0.0673. The van der Waals surface area contributed by atoms with Gasteiger partial charge in [0, 0.05) is 42.5 Å². The first-order chi connectivity index (χ1) is 12.2. The second kappa shape index (κ2) is 6.23. The number of fused-ring (bicyclic) bond motifs is 1. The maximum absolute atomic E-state index is 12.5. The number of hydrogen-bond acceptors (Lipinski definition) is 4. The van der Waals surface area contributed by atoms with Gasteiger partial charge in [0.15, 0.2) is 11.4 Å². The molecule has 0 radical (unpaired) electrons. The second-order valence-electron chi connectivity index (χ2n) is 6.41. The van der Waals surface area contributed by atoms with Gasteiger partial charge in [0.05, 0.1) is 6.26 Å². The van der Waals surface area contributed by atoms with E-state index in [4.69, 9.17) is 4.42 Å². The van der Waals surface area contributed by atoms with Gasteiger partial charge in [-0.25, -0.2) is 9.50 Å². The van der Waals surface area contributed by atoms with Crippen molar-refractivity contribution in [3.05, 3.63) is 58.0 Å². The average Bonchev–Trinajstić information content (AvgIpc) is 3.31. The van der Waals surface area contributed by atoms with Crippen LogP contribution < -0.4 is 5.56 Å².